The number of carbonyl (C=O) groups is 1. The molecule has 2 aromatic rings. The highest BCUT2D eigenvalue weighted by molar-refractivity contribution is 7.87. The van der Waals surface area contributed by atoms with Gasteiger partial charge in [-0.1, -0.05) is 32.9 Å². The molecule has 1 heterocycles. The van der Waals surface area contributed by atoms with Gasteiger partial charge >= 0.3 is 10.3 Å². The molecule has 0 unspecified atom stereocenters. The van der Waals surface area contributed by atoms with Crippen LogP contribution in [0.25, 0.3) is 0 Å². The SMILES string of the molecule is Cc1nc([C@H](Cc2ccc(NS(=O)(=O)O)cc2)NC(=O)C(C)(C)C)cs1. The molecule has 26 heavy (non-hydrogen) atoms. The monoisotopic (exact) mass is 397 g/mol. The van der Waals surface area contributed by atoms with Gasteiger partial charge in [-0.05, 0) is 31.0 Å². The van der Waals surface area contributed by atoms with Crippen LogP contribution in [0, 0.1) is 12.3 Å². The molecule has 142 valence electrons. The van der Waals surface area contributed by atoms with Crippen molar-refractivity contribution in [1.29, 1.82) is 0 Å². The maximum Gasteiger partial charge on any atom is 0.357 e. The van der Waals surface area contributed by atoms with E-state index in [1.165, 1.54) is 11.3 Å². The van der Waals surface area contributed by atoms with Crippen LogP contribution >= 0.6 is 11.3 Å². The lowest BCUT2D eigenvalue weighted by atomic mass is 9.94. The molecule has 1 atom stereocenters. The number of thiazole rings is 1. The van der Waals surface area contributed by atoms with Gasteiger partial charge in [-0.15, -0.1) is 11.3 Å². The van der Waals surface area contributed by atoms with E-state index in [0.717, 1.165) is 16.3 Å². The first-order valence-electron chi connectivity index (χ1n) is 8.01. The predicted octanol–water partition coefficient (Wildman–Crippen LogP) is 3.11. The Morgan fingerprint density at radius 2 is 1.88 bits per heavy atom. The standard InChI is InChI=1S/C17H23N3O4S2/c1-11-18-15(10-25-11)14(19-16(21)17(2,3)4)9-12-5-7-13(8-6-12)20-26(22,23)24/h5-8,10,14,20H,9H2,1-4H3,(H,19,21)(H,22,23,24)/t14-/m0/s1. The highest BCUT2D eigenvalue weighted by atomic mass is 32.2. The molecule has 0 aliphatic carbocycles. The van der Waals surface area contributed by atoms with Crippen LogP contribution in [0.2, 0.25) is 0 Å². The van der Waals surface area contributed by atoms with E-state index in [2.05, 4.69) is 10.3 Å². The fraction of sp³-hybridized carbons (Fsp3) is 0.412. The summed E-state index contributed by atoms with van der Waals surface area (Å²) in [5, 5.41) is 5.89. The minimum atomic E-state index is -4.30. The van der Waals surface area contributed by atoms with E-state index in [9.17, 15) is 13.2 Å². The summed E-state index contributed by atoms with van der Waals surface area (Å²) >= 11 is 1.52. The third kappa shape index (κ3) is 6.08. The van der Waals surface area contributed by atoms with Crippen molar-refractivity contribution in [3.05, 3.63) is 45.9 Å². The van der Waals surface area contributed by atoms with E-state index in [-0.39, 0.29) is 17.6 Å². The molecule has 0 saturated carbocycles. The molecule has 1 aromatic heterocycles. The summed E-state index contributed by atoms with van der Waals surface area (Å²) in [4.78, 5) is 16.9. The molecule has 1 amide bonds. The lowest BCUT2D eigenvalue weighted by Crippen LogP contribution is -2.38. The van der Waals surface area contributed by atoms with Crippen molar-refractivity contribution in [2.45, 2.75) is 40.2 Å². The zero-order valence-corrected chi connectivity index (χ0v) is 16.7. The van der Waals surface area contributed by atoms with E-state index >= 15 is 0 Å². The van der Waals surface area contributed by atoms with Crippen molar-refractivity contribution in [3.63, 3.8) is 0 Å². The molecular weight excluding hydrogens is 374 g/mol. The van der Waals surface area contributed by atoms with Crippen LogP contribution in [-0.4, -0.2) is 23.9 Å². The maximum absolute atomic E-state index is 12.4. The summed E-state index contributed by atoms with van der Waals surface area (Å²) in [7, 11) is -4.30. The maximum atomic E-state index is 12.4. The summed E-state index contributed by atoms with van der Waals surface area (Å²) in [6, 6.07) is 6.30. The fourth-order valence-electron chi connectivity index (χ4n) is 2.24. The van der Waals surface area contributed by atoms with E-state index in [4.69, 9.17) is 4.55 Å². The third-order valence-corrected chi connectivity index (χ3v) is 4.91. The summed E-state index contributed by atoms with van der Waals surface area (Å²) in [6.07, 6.45) is 0.511. The van der Waals surface area contributed by atoms with Crippen molar-refractivity contribution >= 4 is 33.2 Å². The quantitative estimate of drug-likeness (QED) is 0.649. The Kier molecular flexibility index (Phi) is 6.05. The Balaban J connectivity index is 2.19. The number of rotatable bonds is 6. The van der Waals surface area contributed by atoms with Crippen LogP contribution in [0.1, 0.15) is 43.1 Å². The Labute approximate surface area is 157 Å². The molecule has 0 aliphatic heterocycles. The first-order valence-corrected chi connectivity index (χ1v) is 10.3. The summed E-state index contributed by atoms with van der Waals surface area (Å²) < 4.78 is 32.5. The van der Waals surface area contributed by atoms with Crippen LogP contribution < -0.4 is 10.0 Å². The highest BCUT2D eigenvalue weighted by Crippen LogP contribution is 2.24. The molecule has 9 heteroatoms. The van der Waals surface area contributed by atoms with Gasteiger partial charge in [0.2, 0.25) is 5.91 Å². The Bertz CT molecular complexity index is 868. The second-order valence-corrected chi connectivity index (χ2v) is 9.26. The molecule has 0 saturated heterocycles. The molecule has 3 N–H and O–H groups in total. The van der Waals surface area contributed by atoms with Crippen molar-refractivity contribution < 1.29 is 17.8 Å². The summed E-state index contributed by atoms with van der Waals surface area (Å²) in [6.45, 7) is 7.46. The van der Waals surface area contributed by atoms with Crippen molar-refractivity contribution in [2.24, 2.45) is 5.41 Å². The van der Waals surface area contributed by atoms with Crippen LogP contribution in [0.4, 0.5) is 5.69 Å². The molecule has 2 rings (SSSR count). The molecule has 0 bridgehead atoms. The number of aryl methyl sites for hydroxylation is 1. The average Bonchev–Trinajstić information content (AvgIpc) is 2.92. The molecule has 0 aliphatic rings. The van der Waals surface area contributed by atoms with E-state index in [1.807, 2.05) is 37.8 Å². The number of benzene rings is 1. The van der Waals surface area contributed by atoms with Gasteiger partial charge in [0.1, 0.15) is 0 Å². The number of carbonyl (C=O) groups excluding carboxylic acids is 1. The van der Waals surface area contributed by atoms with Gasteiger partial charge in [0.05, 0.1) is 22.4 Å². The van der Waals surface area contributed by atoms with Gasteiger partial charge in [-0.2, -0.15) is 8.42 Å². The fourth-order valence-corrected chi connectivity index (χ4v) is 3.34. The largest absolute Gasteiger partial charge is 0.357 e. The Hall–Kier alpha value is -1.97. The van der Waals surface area contributed by atoms with Gasteiger partial charge in [-0.25, -0.2) is 4.98 Å². The van der Waals surface area contributed by atoms with Gasteiger partial charge in [0.25, 0.3) is 0 Å². The van der Waals surface area contributed by atoms with Crippen molar-refractivity contribution in [3.8, 4) is 0 Å². The number of anilines is 1. The van der Waals surface area contributed by atoms with Gasteiger partial charge < -0.3 is 5.32 Å². The Morgan fingerprint density at radius 3 is 2.35 bits per heavy atom. The van der Waals surface area contributed by atoms with E-state index in [0.29, 0.717) is 6.42 Å². The predicted molar refractivity (Wildman–Crippen MR) is 103 cm³/mol. The number of nitrogens with one attached hydrogen (secondary N) is 2. The van der Waals surface area contributed by atoms with Crippen LogP contribution in [0.5, 0.6) is 0 Å². The minimum Gasteiger partial charge on any atom is -0.347 e. The minimum absolute atomic E-state index is 0.0715. The second kappa shape index (κ2) is 7.73. The van der Waals surface area contributed by atoms with Crippen LogP contribution in [0.15, 0.2) is 29.6 Å². The number of nitrogens with zero attached hydrogens (tertiary/aromatic N) is 1. The zero-order valence-electron chi connectivity index (χ0n) is 15.1. The van der Waals surface area contributed by atoms with Gasteiger partial charge in [0, 0.05) is 10.8 Å². The molecule has 1 aromatic carbocycles. The topological polar surface area (TPSA) is 108 Å². The number of amides is 1. The second-order valence-electron chi connectivity index (χ2n) is 7.05. The van der Waals surface area contributed by atoms with Crippen LogP contribution in [-0.2, 0) is 21.5 Å². The number of hydrogen-bond donors (Lipinski definition) is 3. The first kappa shape index (κ1) is 20.3. The summed E-state index contributed by atoms with van der Waals surface area (Å²) in [5.41, 5.74) is 1.43. The molecule has 0 spiro atoms. The van der Waals surface area contributed by atoms with Crippen molar-refractivity contribution in [1.82, 2.24) is 10.3 Å². The number of hydrogen-bond acceptors (Lipinski definition) is 5. The average molecular weight is 398 g/mol. The highest BCUT2D eigenvalue weighted by Gasteiger charge is 2.26. The van der Waals surface area contributed by atoms with Crippen LogP contribution in [0.3, 0.4) is 0 Å². The first-order chi connectivity index (χ1) is 11.9. The molecular formula is C17H23N3O4S2. The van der Waals surface area contributed by atoms with E-state index < -0.39 is 15.7 Å². The summed E-state index contributed by atoms with van der Waals surface area (Å²) in [5.74, 6) is -0.0715. The van der Waals surface area contributed by atoms with E-state index in [1.54, 1.807) is 24.3 Å². The number of aromatic nitrogens is 1. The molecule has 0 fully saturated rings. The molecule has 0 radical (unpaired) electrons. The van der Waals surface area contributed by atoms with Crippen molar-refractivity contribution in [2.75, 3.05) is 4.72 Å². The third-order valence-electron chi connectivity index (χ3n) is 3.62. The van der Waals surface area contributed by atoms with Gasteiger partial charge in [0.15, 0.2) is 0 Å². The zero-order chi connectivity index (χ0) is 19.5. The lowest BCUT2D eigenvalue weighted by molar-refractivity contribution is -0.129. The lowest BCUT2D eigenvalue weighted by Gasteiger charge is -2.23. The normalized spacial score (nSPS) is 13.3. The smallest absolute Gasteiger partial charge is 0.347 e. The van der Waals surface area contributed by atoms with Gasteiger partial charge in [-0.3, -0.25) is 14.1 Å². The Morgan fingerprint density at radius 1 is 1.27 bits per heavy atom. The molecule has 7 nitrogen and oxygen atoms in total.